The molecule has 0 saturated heterocycles. The van der Waals surface area contributed by atoms with Crippen molar-refractivity contribution in [2.75, 3.05) is 5.32 Å². The molecule has 186 valence electrons. The van der Waals surface area contributed by atoms with Crippen LogP contribution in [0.4, 0.5) is 17.1 Å². The van der Waals surface area contributed by atoms with E-state index in [-0.39, 0.29) is 22.4 Å². The lowest BCUT2D eigenvalue weighted by Crippen LogP contribution is -2.38. The Hall–Kier alpha value is -5.26. The van der Waals surface area contributed by atoms with Gasteiger partial charge >= 0.3 is 5.97 Å². The van der Waals surface area contributed by atoms with Gasteiger partial charge in [0.15, 0.2) is 5.78 Å². The Labute approximate surface area is 208 Å². The summed E-state index contributed by atoms with van der Waals surface area (Å²) in [4.78, 5) is 73.5. The Bertz CT molecular complexity index is 1500. The van der Waals surface area contributed by atoms with Crippen LogP contribution in [0.15, 0.2) is 66.7 Å². The molecule has 12 heteroatoms. The van der Waals surface area contributed by atoms with Crippen LogP contribution in [0, 0.1) is 33.1 Å². The van der Waals surface area contributed by atoms with Gasteiger partial charge in [-0.2, -0.15) is 0 Å². The van der Waals surface area contributed by atoms with Crippen molar-refractivity contribution in [1.29, 1.82) is 0 Å². The monoisotopic (exact) mass is 503 g/mol. The summed E-state index contributed by atoms with van der Waals surface area (Å²) in [5.41, 5.74) is -0.642. The number of ketones is 2. The second-order valence-electron chi connectivity index (χ2n) is 8.16. The number of hydrogen-bond acceptors (Lipinski definition) is 9. The number of rotatable bonds is 8. The van der Waals surface area contributed by atoms with Gasteiger partial charge in [-0.15, -0.1) is 0 Å². The predicted octanol–water partition coefficient (Wildman–Crippen LogP) is 3.73. The zero-order valence-electron chi connectivity index (χ0n) is 19.1. The second kappa shape index (κ2) is 9.77. The number of nitro benzene ring substituents is 2. The molecule has 0 radical (unpaired) electrons. The van der Waals surface area contributed by atoms with Crippen LogP contribution >= 0.6 is 0 Å². The molecular formula is C25H17N3O9. The van der Waals surface area contributed by atoms with Gasteiger partial charge in [0, 0.05) is 29.3 Å². The molecular weight excluding hydrogens is 486 g/mol. The van der Waals surface area contributed by atoms with Gasteiger partial charge in [-0.1, -0.05) is 36.4 Å². The molecule has 1 heterocycles. The van der Waals surface area contributed by atoms with Crippen LogP contribution in [0.5, 0.6) is 0 Å². The fourth-order valence-electron chi connectivity index (χ4n) is 3.99. The van der Waals surface area contributed by atoms with Crippen molar-refractivity contribution < 1.29 is 33.8 Å². The van der Waals surface area contributed by atoms with E-state index in [2.05, 4.69) is 5.32 Å². The first-order chi connectivity index (χ1) is 17.6. The molecule has 1 aliphatic rings. The van der Waals surface area contributed by atoms with Gasteiger partial charge in [-0.3, -0.25) is 34.6 Å². The van der Waals surface area contributed by atoms with Crippen molar-refractivity contribution in [1.82, 2.24) is 0 Å². The van der Waals surface area contributed by atoms with E-state index in [1.165, 1.54) is 42.5 Å². The molecule has 0 spiro atoms. The van der Waals surface area contributed by atoms with Crippen molar-refractivity contribution in [3.05, 3.63) is 109 Å². The lowest BCUT2D eigenvalue weighted by molar-refractivity contribution is -0.384. The Balaban J connectivity index is 1.75. The number of esters is 1. The fraction of sp³-hybridized carbons (Fsp3) is 0.120. The normalized spacial score (nSPS) is 14.7. The molecule has 1 aliphatic heterocycles. The number of aryl methyl sites for hydroxylation is 1. The van der Waals surface area contributed by atoms with Crippen LogP contribution in [0.2, 0.25) is 0 Å². The van der Waals surface area contributed by atoms with Crippen LogP contribution in [0.25, 0.3) is 0 Å². The number of amides is 1. The van der Waals surface area contributed by atoms with Crippen LogP contribution in [-0.2, 0) is 14.3 Å². The quantitative estimate of drug-likeness (QED) is 0.120. The first-order valence-corrected chi connectivity index (χ1v) is 10.8. The molecule has 3 aromatic carbocycles. The number of Topliss-reactive ketones (excluding diaryl/α,β-unsaturated/α-hetero) is 2. The van der Waals surface area contributed by atoms with Gasteiger partial charge in [-0.25, -0.2) is 4.79 Å². The highest BCUT2D eigenvalue weighted by molar-refractivity contribution is 6.45. The fourth-order valence-corrected chi connectivity index (χ4v) is 3.99. The predicted molar refractivity (Wildman–Crippen MR) is 127 cm³/mol. The molecule has 4 rings (SSSR count). The zero-order chi connectivity index (χ0) is 26.9. The van der Waals surface area contributed by atoms with Gasteiger partial charge in [0.2, 0.25) is 5.78 Å². The van der Waals surface area contributed by atoms with Crippen molar-refractivity contribution in [3.8, 4) is 0 Å². The molecule has 3 aromatic rings. The molecule has 0 aliphatic carbocycles. The molecule has 1 N–H and O–H groups in total. The average molecular weight is 503 g/mol. The minimum atomic E-state index is -1.92. The Kier molecular flexibility index (Phi) is 6.57. The molecule has 12 nitrogen and oxygen atoms in total. The van der Waals surface area contributed by atoms with Crippen molar-refractivity contribution in [2.24, 2.45) is 5.92 Å². The first-order valence-electron chi connectivity index (χ1n) is 10.8. The lowest BCUT2D eigenvalue weighted by atomic mass is 9.84. The van der Waals surface area contributed by atoms with E-state index in [0.717, 1.165) is 12.1 Å². The largest absolute Gasteiger partial charge is 0.453 e. The summed E-state index contributed by atoms with van der Waals surface area (Å²) in [5.74, 6) is -6.45. The molecule has 2 atom stereocenters. The van der Waals surface area contributed by atoms with E-state index in [9.17, 15) is 39.4 Å². The summed E-state index contributed by atoms with van der Waals surface area (Å²) in [6.45, 7) is 1.60. The third-order valence-electron chi connectivity index (χ3n) is 5.75. The van der Waals surface area contributed by atoms with Crippen molar-refractivity contribution in [3.63, 3.8) is 0 Å². The number of hydrogen-bond donors (Lipinski definition) is 1. The summed E-state index contributed by atoms with van der Waals surface area (Å²) >= 11 is 0. The number of carbonyl (C=O) groups is 4. The number of non-ortho nitro benzene ring substituents is 1. The summed E-state index contributed by atoms with van der Waals surface area (Å²) < 4.78 is 5.31. The van der Waals surface area contributed by atoms with E-state index in [0.29, 0.717) is 5.56 Å². The standard InChI is InChI=1S/C25H17N3O9/c1-13-9-10-18(19(11-13)28(35)36)26-24(31)22(30)20(21(29)14-5-4-6-15(12-14)27(33)34)23-16-7-2-3-8-17(16)25(32)37-23/h2-12,20,23H,1H3,(H,26,31)/t20-,23+/m0/s1. The smallest absolute Gasteiger partial charge is 0.339 e. The summed E-state index contributed by atoms with van der Waals surface area (Å²) in [5, 5.41) is 24.8. The molecule has 0 fully saturated rings. The number of anilines is 1. The first kappa shape index (κ1) is 24.9. The van der Waals surface area contributed by atoms with E-state index in [1.807, 2.05) is 0 Å². The van der Waals surface area contributed by atoms with Crippen LogP contribution in [-0.4, -0.2) is 33.3 Å². The van der Waals surface area contributed by atoms with Gasteiger partial charge < -0.3 is 10.1 Å². The molecule has 37 heavy (non-hydrogen) atoms. The number of nitrogens with zero attached hydrogens (tertiary/aromatic N) is 2. The lowest BCUT2D eigenvalue weighted by Gasteiger charge is -2.21. The SMILES string of the molecule is Cc1ccc(NC(=O)C(=O)[C@H](C(=O)c2cccc([N+](=O)[O-])c2)[C@@H]2OC(=O)c3ccccc32)c([N+](=O)[O-])c1. The summed E-state index contributed by atoms with van der Waals surface area (Å²) in [7, 11) is 0. The molecule has 0 unspecified atom stereocenters. The van der Waals surface area contributed by atoms with E-state index in [1.54, 1.807) is 19.1 Å². The van der Waals surface area contributed by atoms with Crippen LogP contribution in [0.1, 0.15) is 37.9 Å². The second-order valence-corrected chi connectivity index (χ2v) is 8.16. The molecule has 1 amide bonds. The zero-order valence-corrected chi connectivity index (χ0v) is 19.1. The Morgan fingerprint density at radius 3 is 2.38 bits per heavy atom. The number of ether oxygens (including phenoxy) is 1. The van der Waals surface area contributed by atoms with E-state index >= 15 is 0 Å². The number of benzene rings is 3. The van der Waals surface area contributed by atoms with Crippen molar-refractivity contribution in [2.45, 2.75) is 13.0 Å². The average Bonchev–Trinajstić information content (AvgIpc) is 3.21. The maximum absolute atomic E-state index is 13.5. The number of nitrogens with one attached hydrogen (secondary N) is 1. The highest BCUT2D eigenvalue weighted by Crippen LogP contribution is 2.38. The third kappa shape index (κ3) is 4.80. The number of carbonyl (C=O) groups excluding carboxylic acids is 4. The van der Waals surface area contributed by atoms with Crippen LogP contribution < -0.4 is 5.32 Å². The molecule has 0 saturated carbocycles. The van der Waals surface area contributed by atoms with E-state index < -0.39 is 56.7 Å². The highest BCUT2D eigenvalue weighted by Gasteiger charge is 2.46. The van der Waals surface area contributed by atoms with Gasteiger partial charge in [0.1, 0.15) is 17.7 Å². The molecule has 0 aromatic heterocycles. The number of cyclic esters (lactones) is 1. The van der Waals surface area contributed by atoms with Gasteiger partial charge in [-0.05, 0) is 24.6 Å². The Morgan fingerprint density at radius 2 is 1.68 bits per heavy atom. The van der Waals surface area contributed by atoms with Gasteiger partial charge in [0.25, 0.3) is 17.3 Å². The molecule has 0 bridgehead atoms. The van der Waals surface area contributed by atoms with Crippen LogP contribution in [0.3, 0.4) is 0 Å². The summed E-state index contributed by atoms with van der Waals surface area (Å²) in [6, 6.07) is 14.4. The topological polar surface area (TPSA) is 176 Å². The summed E-state index contributed by atoms with van der Waals surface area (Å²) in [6.07, 6.45) is -1.50. The number of nitro groups is 2. The minimum absolute atomic E-state index is 0.0896. The third-order valence-corrected chi connectivity index (χ3v) is 5.75. The van der Waals surface area contributed by atoms with Gasteiger partial charge in [0.05, 0.1) is 15.4 Å². The highest BCUT2D eigenvalue weighted by atomic mass is 16.6. The maximum atomic E-state index is 13.5. The maximum Gasteiger partial charge on any atom is 0.339 e. The Morgan fingerprint density at radius 1 is 0.946 bits per heavy atom. The minimum Gasteiger partial charge on any atom is -0.453 e. The van der Waals surface area contributed by atoms with Crippen molar-refractivity contribution >= 4 is 40.5 Å². The van der Waals surface area contributed by atoms with E-state index in [4.69, 9.17) is 4.74 Å². The number of fused-ring (bicyclic) bond motifs is 1.